The number of hydrogen-bond donors (Lipinski definition) is 1. The zero-order chi connectivity index (χ0) is 19.0. The van der Waals surface area contributed by atoms with Gasteiger partial charge in [0.15, 0.2) is 5.57 Å². The molecule has 6 nitrogen and oxygen atoms in total. The van der Waals surface area contributed by atoms with E-state index in [1.165, 1.54) is 19.9 Å². The summed E-state index contributed by atoms with van der Waals surface area (Å²) in [6, 6.07) is 3.12. The third-order valence-electron chi connectivity index (χ3n) is 3.02. The molecule has 0 atom stereocenters. The van der Waals surface area contributed by atoms with Crippen LogP contribution in [0.5, 0.6) is 0 Å². The van der Waals surface area contributed by atoms with Crippen molar-refractivity contribution in [1.29, 1.82) is 5.26 Å². The Bertz CT molecular complexity index is 803. The number of esters is 2. The second-order valence-corrected chi connectivity index (χ2v) is 6.22. The van der Waals surface area contributed by atoms with Gasteiger partial charge in [0.1, 0.15) is 0 Å². The van der Waals surface area contributed by atoms with Gasteiger partial charge >= 0.3 is 18.1 Å². The van der Waals surface area contributed by atoms with E-state index >= 15 is 0 Å². The Hall–Kier alpha value is -2.54. The molecular weight excluding hydrogens is 409 g/mol. The minimum absolute atomic E-state index is 0.107. The Labute approximate surface area is 148 Å². The molecule has 0 amide bonds. The molecule has 10 heteroatoms. The van der Waals surface area contributed by atoms with Crippen molar-refractivity contribution in [2.75, 3.05) is 5.32 Å². The number of nitriles is 1. The smallest absolute Gasteiger partial charge is 0.417 e. The van der Waals surface area contributed by atoms with Crippen LogP contribution in [0.1, 0.15) is 25.0 Å². The first-order chi connectivity index (χ1) is 11.4. The lowest BCUT2D eigenvalue weighted by atomic mass is 10.1. The van der Waals surface area contributed by atoms with Crippen LogP contribution in [0.4, 0.5) is 18.9 Å². The normalized spacial score (nSPS) is 16.6. The molecule has 0 aliphatic carbocycles. The number of carbonyl (C=O) groups is 2. The van der Waals surface area contributed by atoms with E-state index < -0.39 is 40.6 Å². The zero-order valence-electron chi connectivity index (χ0n) is 12.8. The molecule has 1 N–H and O–H groups in total. The molecule has 0 aromatic heterocycles. The average molecular weight is 419 g/mol. The standard InChI is InChI=1S/C15H10BrF3N2O4/c1-14(2)24-12(22)8(13(23)25-14)6-21-11-4-9(15(17,18)19)7(5-20)3-10(11)16/h3-4,6,21H,1-2H3. The molecule has 1 aliphatic heterocycles. The van der Waals surface area contributed by atoms with Crippen LogP contribution in [0.25, 0.3) is 0 Å². The number of nitrogens with zero attached hydrogens (tertiary/aromatic N) is 1. The first-order valence-corrected chi connectivity index (χ1v) is 7.48. The van der Waals surface area contributed by atoms with Crippen LogP contribution in [0.2, 0.25) is 0 Å². The topological polar surface area (TPSA) is 88.4 Å². The van der Waals surface area contributed by atoms with Gasteiger partial charge in [-0.25, -0.2) is 9.59 Å². The summed E-state index contributed by atoms with van der Waals surface area (Å²) in [5.74, 6) is -3.38. The highest BCUT2D eigenvalue weighted by atomic mass is 79.9. The van der Waals surface area contributed by atoms with E-state index in [0.717, 1.165) is 12.3 Å². The molecule has 0 bridgehead atoms. The van der Waals surface area contributed by atoms with Crippen molar-refractivity contribution >= 4 is 33.6 Å². The largest absolute Gasteiger partial charge is 0.419 e. The third kappa shape index (κ3) is 4.11. The molecule has 1 aromatic rings. The minimum Gasteiger partial charge on any atom is -0.419 e. The molecule has 1 saturated heterocycles. The fourth-order valence-corrected chi connectivity index (χ4v) is 2.40. The summed E-state index contributed by atoms with van der Waals surface area (Å²) in [6.45, 7) is 2.72. The van der Waals surface area contributed by atoms with Crippen molar-refractivity contribution in [2.45, 2.75) is 25.8 Å². The van der Waals surface area contributed by atoms with E-state index in [1.54, 1.807) is 0 Å². The molecular formula is C15H10BrF3N2O4. The van der Waals surface area contributed by atoms with Crippen LogP contribution < -0.4 is 5.32 Å². The number of halogens is 4. The van der Waals surface area contributed by atoms with Gasteiger partial charge in [0.2, 0.25) is 0 Å². The number of rotatable bonds is 2. The number of carbonyl (C=O) groups excluding carboxylic acids is 2. The molecule has 132 valence electrons. The van der Waals surface area contributed by atoms with Gasteiger partial charge in [0.05, 0.1) is 22.9 Å². The fraction of sp³-hybridized carbons (Fsp3) is 0.267. The summed E-state index contributed by atoms with van der Waals surface area (Å²) in [4.78, 5) is 23.6. The van der Waals surface area contributed by atoms with E-state index in [4.69, 9.17) is 14.7 Å². The maximum atomic E-state index is 13.0. The SMILES string of the molecule is CC1(C)OC(=O)C(=CNc2cc(C(F)(F)F)c(C#N)cc2Br)C(=O)O1. The summed E-state index contributed by atoms with van der Waals surface area (Å²) in [7, 11) is 0. The van der Waals surface area contributed by atoms with Gasteiger partial charge in [-0.2, -0.15) is 18.4 Å². The molecule has 1 aliphatic rings. The molecule has 25 heavy (non-hydrogen) atoms. The van der Waals surface area contributed by atoms with E-state index in [0.29, 0.717) is 6.07 Å². The Morgan fingerprint density at radius 3 is 2.28 bits per heavy atom. The number of benzene rings is 1. The number of alkyl halides is 3. The van der Waals surface area contributed by atoms with Crippen molar-refractivity contribution in [3.63, 3.8) is 0 Å². The highest BCUT2D eigenvalue weighted by Gasteiger charge is 2.39. The Morgan fingerprint density at radius 1 is 1.24 bits per heavy atom. The second-order valence-electron chi connectivity index (χ2n) is 5.37. The predicted molar refractivity (Wildman–Crippen MR) is 81.8 cm³/mol. The summed E-state index contributed by atoms with van der Waals surface area (Å²) < 4.78 is 48.8. The van der Waals surface area contributed by atoms with Crippen molar-refractivity contribution < 1.29 is 32.2 Å². The van der Waals surface area contributed by atoms with Crippen LogP contribution >= 0.6 is 15.9 Å². The zero-order valence-corrected chi connectivity index (χ0v) is 14.4. The van der Waals surface area contributed by atoms with E-state index in [-0.39, 0.29) is 10.2 Å². The fourth-order valence-electron chi connectivity index (χ4n) is 1.94. The monoisotopic (exact) mass is 418 g/mol. The Kier molecular flexibility index (Phi) is 4.81. The lowest BCUT2D eigenvalue weighted by Gasteiger charge is -2.29. The lowest BCUT2D eigenvalue weighted by Crippen LogP contribution is -2.42. The van der Waals surface area contributed by atoms with Crippen molar-refractivity contribution in [2.24, 2.45) is 0 Å². The van der Waals surface area contributed by atoms with Crippen LogP contribution in [-0.2, 0) is 25.2 Å². The van der Waals surface area contributed by atoms with Gasteiger partial charge in [-0.05, 0) is 28.1 Å². The van der Waals surface area contributed by atoms with E-state index in [2.05, 4.69) is 21.2 Å². The molecule has 0 unspecified atom stereocenters. The molecule has 1 fully saturated rings. The van der Waals surface area contributed by atoms with Gasteiger partial charge < -0.3 is 14.8 Å². The lowest BCUT2D eigenvalue weighted by molar-refractivity contribution is -0.222. The summed E-state index contributed by atoms with van der Waals surface area (Å²) >= 11 is 3.02. The van der Waals surface area contributed by atoms with Crippen molar-refractivity contribution in [3.05, 3.63) is 39.5 Å². The summed E-state index contributed by atoms with van der Waals surface area (Å²) in [6.07, 6.45) is -3.87. The molecule has 0 spiro atoms. The van der Waals surface area contributed by atoms with Gasteiger partial charge in [0, 0.05) is 24.5 Å². The molecule has 0 saturated carbocycles. The van der Waals surface area contributed by atoms with Gasteiger partial charge in [-0.15, -0.1) is 0 Å². The maximum absolute atomic E-state index is 13.0. The maximum Gasteiger partial charge on any atom is 0.417 e. The first kappa shape index (κ1) is 18.8. The molecule has 0 radical (unpaired) electrons. The number of nitrogens with one attached hydrogen (secondary N) is 1. The molecule has 2 rings (SSSR count). The van der Waals surface area contributed by atoms with Crippen LogP contribution in [0, 0.1) is 11.3 Å². The molecule has 1 heterocycles. The highest BCUT2D eigenvalue weighted by Crippen LogP contribution is 2.37. The van der Waals surface area contributed by atoms with Gasteiger partial charge in [0.25, 0.3) is 5.79 Å². The predicted octanol–water partition coefficient (Wildman–Crippen LogP) is 3.47. The van der Waals surface area contributed by atoms with E-state index in [9.17, 15) is 22.8 Å². The average Bonchev–Trinajstić information content (AvgIpc) is 2.44. The minimum atomic E-state index is -4.75. The number of anilines is 1. The number of hydrogen-bond acceptors (Lipinski definition) is 6. The number of ether oxygens (including phenoxy) is 2. The number of cyclic esters (lactones) is 2. The summed E-state index contributed by atoms with van der Waals surface area (Å²) in [5, 5.41) is 11.2. The van der Waals surface area contributed by atoms with Crippen molar-refractivity contribution in [1.82, 2.24) is 0 Å². The third-order valence-corrected chi connectivity index (χ3v) is 3.68. The molecule has 1 aromatic carbocycles. The van der Waals surface area contributed by atoms with Crippen LogP contribution in [-0.4, -0.2) is 17.7 Å². The highest BCUT2D eigenvalue weighted by molar-refractivity contribution is 9.10. The Balaban J connectivity index is 2.37. The van der Waals surface area contributed by atoms with Crippen LogP contribution in [0.15, 0.2) is 28.4 Å². The van der Waals surface area contributed by atoms with E-state index in [1.807, 2.05) is 0 Å². The summed E-state index contributed by atoms with van der Waals surface area (Å²) in [5.41, 5.74) is -2.35. The van der Waals surface area contributed by atoms with Gasteiger partial charge in [-0.1, -0.05) is 0 Å². The first-order valence-electron chi connectivity index (χ1n) is 6.69. The Morgan fingerprint density at radius 2 is 1.80 bits per heavy atom. The second kappa shape index (κ2) is 6.40. The van der Waals surface area contributed by atoms with Crippen molar-refractivity contribution in [3.8, 4) is 6.07 Å². The van der Waals surface area contributed by atoms with Crippen LogP contribution in [0.3, 0.4) is 0 Å². The quantitative estimate of drug-likeness (QED) is 0.449. The van der Waals surface area contributed by atoms with Gasteiger partial charge in [-0.3, -0.25) is 0 Å².